The van der Waals surface area contributed by atoms with Crippen LogP contribution in [0, 0.1) is 23.7 Å². The van der Waals surface area contributed by atoms with Crippen molar-refractivity contribution in [3.8, 4) is 0 Å². The summed E-state index contributed by atoms with van der Waals surface area (Å²) in [5, 5.41) is 0.0709. The molecule has 1 heterocycles. The highest BCUT2D eigenvalue weighted by Crippen LogP contribution is 2.47. The third-order valence-corrected chi connectivity index (χ3v) is 10.9. The monoisotopic (exact) mass is 394 g/mol. The summed E-state index contributed by atoms with van der Waals surface area (Å²) in [7, 11) is -1.98. The number of esters is 2. The molecule has 0 amide bonds. The molecule has 27 heavy (non-hydrogen) atoms. The summed E-state index contributed by atoms with van der Waals surface area (Å²) in [6.45, 7) is 19.2. The van der Waals surface area contributed by atoms with Gasteiger partial charge in [-0.2, -0.15) is 0 Å². The zero-order valence-electron chi connectivity index (χ0n) is 17.7. The van der Waals surface area contributed by atoms with E-state index in [0.717, 1.165) is 5.57 Å². The van der Waals surface area contributed by atoms with Crippen LogP contribution in [0.5, 0.6) is 0 Å². The van der Waals surface area contributed by atoms with Gasteiger partial charge in [0.15, 0.2) is 8.32 Å². The first kappa shape index (κ1) is 21.9. The topological polar surface area (TPSA) is 61.8 Å². The van der Waals surface area contributed by atoms with E-state index >= 15 is 0 Å². The third-order valence-electron chi connectivity index (χ3n) is 6.40. The maximum absolute atomic E-state index is 12.8. The van der Waals surface area contributed by atoms with Gasteiger partial charge in [0.2, 0.25) is 0 Å². The molecule has 0 N–H and O–H groups in total. The van der Waals surface area contributed by atoms with E-state index in [4.69, 9.17) is 13.9 Å². The molecule has 2 rings (SSSR count). The molecule has 152 valence electrons. The van der Waals surface area contributed by atoms with Gasteiger partial charge in [-0.05, 0) is 32.0 Å². The Morgan fingerprint density at radius 2 is 2.00 bits per heavy atom. The minimum Gasteiger partial charge on any atom is -0.466 e. The maximum Gasteiger partial charge on any atom is 0.311 e. The molecule has 0 saturated carbocycles. The Labute approximate surface area is 164 Å². The first-order valence-electron chi connectivity index (χ1n) is 9.76. The number of rotatable bonds is 6. The Morgan fingerprint density at radius 1 is 1.37 bits per heavy atom. The van der Waals surface area contributed by atoms with E-state index in [1.165, 1.54) is 0 Å². The van der Waals surface area contributed by atoms with Crippen LogP contribution < -0.4 is 0 Å². The first-order valence-corrected chi connectivity index (χ1v) is 12.7. The van der Waals surface area contributed by atoms with Crippen LogP contribution in [0.2, 0.25) is 18.1 Å². The molecule has 6 heteroatoms. The van der Waals surface area contributed by atoms with Crippen molar-refractivity contribution >= 4 is 20.3 Å². The van der Waals surface area contributed by atoms with Crippen molar-refractivity contribution in [2.24, 2.45) is 23.7 Å². The van der Waals surface area contributed by atoms with Gasteiger partial charge in [0.1, 0.15) is 6.10 Å². The number of carbonyl (C=O) groups is 2. The number of ether oxygens (including phenoxy) is 2. The van der Waals surface area contributed by atoms with Crippen LogP contribution in [0.1, 0.15) is 34.6 Å². The molecule has 5 nitrogen and oxygen atoms in total. The van der Waals surface area contributed by atoms with E-state index in [9.17, 15) is 9.59 Å². The molecule has 0 radical (unpaired) electrons. The average Bonchev–Trinajstić information content (AvgIpc) is 2.87. The molecule has 0 aromatic carbocycles. The standard InChI is InChI=1S/C21H34O5Si/c1-9-16-14-11-13(3)15(12-25-27(7,8)21(4,5)6)18(19(22)24-10-2)17(14)20(23)26-16/h9,11,14-18H,1,10,12H2,2-8H3/t14-,15-,16+,17-,18-/m0/s1. The van der Waals surface area contributed by atoms with Crippen molar-refractivity contribution < 1.29 is 23.5 Å². The van der Waals surface area contributed by atoms with Gasteiger partial charge in [0.25, 0.3) is 0 Å². The van der Waals surface area contributed by atoms with Gasteiger partial charge < -0.3 is 13.9 Å². The summed E-state index contributed by atoms with van der Waals surface area (Å²) in [5.74, 6) is -2.16. The normalized spacial score (nSPS) is 31.0. The Morgan fingerprint density at radius 3 is 2.52 bits per heavy atom. The fourth-order valence-electron chi connectivity index (χ4n) is 3.70. The minimum absolute atomic E-state index is 0.0709. The summed E-state index contributed by atoms with van der Waals surface area (Å²) < 4.78 is 17.2. The van der Waals surface area contributed by atoms with Crippen molar-refractivity contribution in [2.75, 3.05) is 13.2 Å². The lowest BCUT2D eigenvalue weighted by Crippen LogP contribution is -2.47. The number of hydrogen-bond donors (Lipinski definition) is 0. The predicted molar refractivity (Wildman–Crippen MR) is 108 cm³/mol. The molecular weight excluding hydrogens is 360 g/mol. The minimum atomic E-state index is -1.98. The van der Waals surface area contributed by atoms with E-state index in [1.54, 1.807) is 13.0 Å². The summed E-state index contributed by atoms with van der Waals surface area (Å²) >= 11 is 0. The Bertz CT molecular complexity index is 631. The maximum atomic E-state index is 12.8. The Hall–Kier alpha value is -1.40. The quantitative estimate of drug-likeness (QED) is 0.385. The van der Waals surface area contributed by atoms with Crippen molar-refractivity contribution in [2.45, 2.75) is 58.9 Å². The molecular formula is C21H34O5Si. The lowest BCUT2D eigenvalue weighted by molar-refractivity contribution is -0.158. The molecule has 0 spiro atoms. The second-order valence-corrected chi connectivity index (χ2v) is 13.9. The molecule has 0 aromatic heterocycles. The molecule has 0 unspecified atom stereocenters. The fourth-order valence-corrected chi connectivity index (χ4v) is 4.73. The van der Waals surface area contributed by atoms with Crippen LogP contribution in [0.3, 0.4) is 0 Å². The molecule has 2 aliphatic rings. The summed E-state index contributed by atoms with van der Waals surface area (Å²) in [6.07, 6.45) is 3.31. The fraction of sp³-hybridized carbons (Fsp3) is 0.714. The predicted octanol–water partition coefficient (Wildman–Crippen LogP) is 4.11. The molecule has 0 aromatic rings. The number of cyclic esters (lactones) is 1. The van der Waals surface area contributed by atoms with Gasteiger partial charge >= 0.3 is 11.9 Å². The van der Waals surface area contributed by atoms with Gasteiger partial charge in [-0.3, -0.25) is 9.59 Å². The summed E-state index contributed by atoms with van der Waals surface area (Å²) in [6, 6.07) is 0. The highest BCUT2D eigenvalue weighted by Gasteiger charge is 2.55. The highest BCUT2D eigenvalue weighted by molar-refractivity contribution is 6.74. The van der Waals surface area contributed by atoms with Crippen molar-refractivity contribution in [3.05, 3.63) is 24.3 Å². The second-order valence-electron chi connectivity index (χ2n) is 9.11. The average molecular weight is 395 g/mol. The number of hydrogen-bond acceptors (Lipinski definition) is 5. The molecule has 1 aliphatic heterocycles. The van der Waals surface area contributed by atoms with Gasteiger partial charge in [0, 0.05) is 18.4 Å². The van der Waals surface area contributed by atoms with E-state index in [-0.39, 0.29) is 35.4 Å². The SMILES string of the molecule is C=C[C@H]1OC(=O)[C@H]2[C@H]1C=C(C)[C@H](CO[Si](C)(C)C(C)(C)C)[C@@H]2C(=O)OCC. The Balaban J connectivity index is 2.36. The number of carbonyl (C=O) groups excluding carboxylic acids is 2. The van der Waals surface area contributed by atoms with Gasteiger partial charge in [0.05, 0.1) is 18.4 Å². The van der Waals surface area contributed by atoms with Crippen molar-refractivity contribution in [1.82, 2.24) is 0 Å². The van der Waals surface area contributed by atoms with E-state index < -0.39 is 26.3 Å². The van der Waals surface area contributed by atoms with Gasteiger partial charge in [-0.25, -0.2) is 0 Å². The number of fused-ring (bicyclic) bond motifs is 1. The lowest BCUT2D eigenvalue weighted by Gasteiger charge is -2.40. The zero-order valence-corrected chi connectivity index (χ0v) is 18.7. The van der Waals surface area contributed by atoms with E-state index in [2.05, 4.69) is 46.5 Å². The first-order chi connectivity index (χ1) is 12.4. The van der Waals surface area contributed by atoms with Gasteiger partial charge in [-0.1, -0.05) is 45.1 Å². The Kier molecular flexibility index (Phi) is 6.42. The van der Waals surface area contributed by atoms with Crippen LogP contribution in [-0.4, -0.2) is 39.6 Å². The molecule has 1 aliphatic carbocycles. The lowest BCUT2D eigenvalue weighted by atomic mass is 9.67. The van der Waals surface area contributed by atoms with Gasteiger partial charge in [-0.15, -0.1) is 0 Å². The van der Waals surface area contributed by atoms with Crippen molar-refractivity contribution in [3.63, 3.8) is 0 Å². The van der Waals surface area contributed by atoms with Crippen LogP contribution >= 0.6 is 0 Å². The second kappa shape index (κ2) is 7.92. The smallest absolute Gasteiger partial charge is 0.311 e. The molecule has 5 atom stereocenters. The summed E-state index contributed by atoms with van der Waals surface area (Å²) in [4.78, 5) is 25.4. The van der Waals surface area contributed by atoms with Crippen LogP contribution in [0.4, 0.5) is 0 Å². The third kappa shape index (κ3) is 4.21. The zero-order chi connectivity index (χ0) is 20.6. The van der Waals surface area contributed by atoms with E-state index in [0.29, 0.717) is 6.61 Å². The van der Waals surface area contributed by atoms with Crippen LogP contribution in [0.25, 0.3) is 0 Å². The van der Waals surface area contributed by atoms with Crippen LogP contribution in [-0.2, 0) is 23.5 Å². The highest BCUT2D eigenvalue weighted by atomic mass is 28.4. The van der Waals surface area contributed by atoms with E-state index in [1.807, 2.05) is 6.92 Å². The molecule has 1 saturated heterocycles. The van der Waals surface area contributed by atoms with Crippen LogP contribution in [0.15, 0.2) is 24.3 Å². The largest absolute Gasteiger partial charge is 0.466 e. The molecule has 0 bridgehead atoms. The molecule has 1 fully saturated rings. The summed E-state index contributed by atoms with van der Waals surface area (Å²) in [5.41, 5.74) is 1.05. The van der Waals surface area contributed by atoms with Crippen molar-refractivity contribution in [1.29, 1.82) is 0 Å².